The van der Waals surface area contributed by atoms with Crippen LogP contribution in [0.4, 0.5) is 0 Å². The van der Waals surface area contributed by atoms with Gasteiger partial charge in [-0.3, -0.25) is 9.59 Å². The first kappa shape index (κ1) is 57.1. The van der Waals surface area contributed by atoms with Gasteiger partial charge in [-0.2, -0.15) is 0 Å². The molecule has 312 valence electrons. The van der Waals surface area contributed by atoms with Crippen molar-refractivity contribution in [1.29, 1.82) is 0 Å². The van der Waals surface area contributed by atoms with Gasteiger partial charge in [0.1, 0.15) is 0 Å². The van der Waals surface area contributed by atoms with E-state index in [2.05, 4.69) is 90.0 Å². The van der Waals surface area contributed by atoms with Gasteiger partial charge in [-0.25, -0.2) is 0 Å². The Hall–Kier alpha value is -1.66. The van der Waals surface area contributed by atoms with Gasteiger partial charge in [0.25, 0.3) is 0 Å². The van der Waals surface area contributed by atoms with E-state index in [4.69, 9.17) is 11.5 Å². The Morgan fingerprint density at radius 3 is 0.788 bits per heavy atom. The Balaban J connectivity index is -0.000000337. The summed E-state index contributed by atoms with van der Waals surface area (Å²) in [5.41, 5.74) is 10.2. The standard InChI is InChI=1S/2C18H35NO.2C5H13N/c2*1-2-3-4-5-6-7-8-9-10-11-12-13-14-15-16-17-18(19)20;2*1-4-5-6(2)3/h2*9-10H,2-8,11-17H2,1H3,(H2,19,20);2*4-5H2,1-3H3/b2*10-9-;;. The number of unbranched alkanes of at least 4 members (excludes halogenated alkanes) is 22. The number of carbonyl (C=O) groups is 2. The molecule has 0 unspecified atom stereocenters. The zero-order valence-electron chi connectivity index (χ0n) is 36.8. The number of hydrogen-bond donors (Lipinski definition) is 2. The largest absolute Gasteiger partial charge is 0.370 e. The first-order valence-electron chi connectivity index (χ1n) is 22.2. The van der Waals surface area contributed by atoms with Crippen LogP contribution in [0.1, 0.15) is 220 Å². The fraction of sp³-hybridized carbons (Fsp3) is 0.870. The highest BCUT2D eigenvalue weighted by Gasteiger charge is 1.96. The van der Waals surface area contributed by atoms with E-state index < -0.39 is 0 Å². The van der Waals surface area contributed by atoms with E-state index in [-0.39, 0.29) is 11.8 Å². The van der Waals surface area contributed by atoms with Crippen molar-refractivity contribution in [1.82, 2.24) is 9.80 Å². The number of hydrogen-bond acceptors (Lipinski definition) is 4. The van der Waals surface area contributed by atoms with Crippen LogP contribution >= 0.6 is 0 Å². The van der Waals surface area contributed by atoms with Crippen molar-refractivity contribution in [3.8, 4) is 0 Å². The first-order chi connectivity index (χ1) is 25.1. The van der Waals surface area contributed by atoms with E-state index in [0.717, 1.165) is 25.7 Å². The lowest BCUT2D eigenvalue weighted by Gasteiger charge is -2.03. The molecule has 0 aromatic carbocycles. The molecule has 52 heavy (non-hydrogen) atoms. The van der Waals surface area contributed by atoms with E-state index in [1.165, 1.54) is 167 Å². The van der Waals surface area contributed by atoms with Crippen LogP contribution in [0, 0.1) is 0 Å². The maximum Gasteiger partial charge on any atom is 0.217 e. The zero-order valence-corrected chi connectivity index (χ0v) is 36.8. The second-order valence-electron chi connectivity index (χ2n) is 15.2. The molecule has 6 heteroatoms. The second-order valence-corrected chi connectivity index (χ2v) is 15.2. The highest BCUT2D eigenvalue weighted by molar-refractivity contribution is 5.73. The molecule has 0 rings (SSSR count). The molecular weight excluding hydrogens is 641 g/mol. The molecule has 0 aliphatic carbocycles. The minimum absolute atomic E-state index is 0.164. The van der Waals surface area contributed by atoms with E-state index in [0.29, 0.717) is 12.8 Å². The average Bonchev–Trinajstić information content (AvgIpc) is 3.08. The van der Waals surface area contributed by atoms with Gasteiger partial charge in [0.15, 0.2) is 0 Å². The summed E-state index contributed by atoms with van der Waals surface area (Å²) in [6.45, 7) is 11.3. The third-order valence-electron chi connectivity index (χ3n) is 8.71. The smallest absolute Gasteiger partial charge is 0.217 e. The molecule has 2 amide bonds. The fourth-order valence-corrected chi connectivity index (χ4v) is 5.63. The monoisotopic (exact) mass is 737 g/mol. The van der Waals surface area contributed by atoms with Crippen molar-refractivity contribution in [3.05, 3.63) is 24.3 Å². The second kappa shape index (κ2) is 53.7. The summed E-state index contributed by atoms with van der Waals surface area (Å²) in [5, 5.41) is 0. The Kier molecular flexibility index (Phi) is 58.9. The van der Waals surface area contributed by atoms with Crippen molar-refractivity contribution in [2.75, 3.05) is 41.3 Å². The predicted octanol–water partition coefficient (Wildman–Crippen LogP) is 12.9. The van der Waals surface area contributed by atoms with Gasteiger partial charge < -0.3 is 21.3 Å². The minimum Gasteiger partial charge on any atom is -0.370 e. The van der Waals surface area contributed by atoms with Gasteiger partial charge in [-0.1, -0.05) is 155 Å². The van der Waals surface area contributed by atoms with Crippen LogP contribution in [-0.2, 0) is 9.59 Å². The fourth-order valence-electron chi connectivity index (χ4n) is 5.63. The van der Waals surface area contributed by atoms with E-state index in [9.17, 15) is 9.59 Å². The van der Waals surface area contributed by atoms with E-state index in [1.54, 1.807) is 0 Å². The number of nitrogens with two attached hydrogens (primary N) is 2. The molecule has 0 aliphatic heterocycles. The molecule has 0 saturated carbocycles. The molecule has 0 fully saturated rings. The van der Waals surface area contributed by atoms with E-state index >= 15 is 0 Å². The Bertz CT molecular complexity index is 661. The third-order valence-corrected chi connectivity index (χ3v) is 8.71. The summed E-state index contributed by atoms with van der Waals surface area (Å²) in [6.07, 6.45) is 46.4. The summed E-state index contributed by atoms with van der Waals surface area (Å²) in [4.78, 5) is 25.5. The molecule has 0 spiro atoms. The van der Waals surface area contributed by atoms with Crippen molar-refractivity contribution in [3.63, 3.8) is 0 Å². The molecule has 0 atom stereocenters. The summed E-state index contributed by atoms with van der Waals surface area (Å²) >= 11 is 0. The summed E-state index contributed by atoms with van der Waals surface area (Å²) in [5.74, 6) is -0.328. The summed E-state index contributed by atoms with van der Waals surface area (Å²) < 4.78 is 0. The normalized spacial score (nSPS) is 11.0. The molecule has 0 saturated heterocycles. The van der Waals surface area contributed by atoms with Gasteiger partial charge in [0.05, 0.1) is 0 Å². The maximum absolute atomic E-state index is 10.5. The van der Waals surface area contributed by atoms with Gasteiger partial charge >= 0.3 is 0 Å². The lowest BCUT2D eigenvalue weighted by atomic mass is 10.1. The minimum atomic E-state index is -0.164. The van der Waals surface area contributed by atoms with Crippen LogP contribution < -0.4 is 11.5 Å². The Morgan fingerprint density at radius 2 is 0.596 bits per heavy atom. The lowest BCUT2D eigenvalue weighted by molar-refractivity contribution is -0.119. The number of nitrogens with zero attached hydrogens (tertiary/aromatic N) is 2. The van der Waals surface area contributed by atoms with Crippen LogP contribution in [0.15, 0.2) is 24.3 Å². The van der Waals surface area contributed by atoms with Crippen LogP contribution in [-0.4, -0.2) is 62.9 Å². The number of rotatable bonds is 34. The highest BCUT2D eigenvalue weighted by atomic mass is 16.1. The summed E-state index contributed by atoms with van der Waals surface area (Å²) in [7, 11) is 8.35. The van der Waals surface area contributed by atoms with Crippen LogP contribution in [0.5, 0.6) is 0 Å². The number of allylic oxidation sites excluding steroid dienone is 4. The molecule has 4 N–H and O–H groups in total. The van der Waals surface area contributed by atoms with Crippen molar-refractivity contribution in [2.24, 2.45) is 11.5 Å². The van der Waals surface area contributed by atoms with Crippen molar-refractivity contribution in [2.45, 2.75) is 220 Å². The topological polar surface area (TPSA) is 92.7 Å². The Labute approximate surface area is 327 Å². The van der Waals surface area contributed by atoms with Crippen molar-refractivity contribution < 1.29 is 9.59 Å². The van der Waals surface area contributed by atoms with Gasteiger partial charge in [0, 0.05) is 12.8 Å². The molecule has 0 bridgehead atoms. The Morgan fingerprint density at radius 1 is 0.365 bits per heavy atom. The van der Waals surface area contributed by atoms with Crippen LogP contribution in [0.3, 0.4) is 0 Å². The summed E-state index contributed by atoms with van der Waals surface area (Å²) in [6, 6.07) is 0. The van der Waals surface area contributed by atoms with Crippen LogP contribution in [0.2, 0.25) is 0 Å². The molecule has 0 aliphatic rings. The first-order valence-corrected chi connectivity index (χ1v) is 22.2. The molecule has 0 aromatic rings. The molecule has 0 heterocycles. The van der Waals surface area contributed by atoms with Gasteiger partial charge in [0.2, 0.25) is 11.8 Å². The molecule has 0 aromatic heterocycles. The number of amides is 2. The number of primary amides is 2. The third kappa shape index (κ3) is 73.7. The lowest BCUT2D eigenvalue weighted by Crippen LogP contribution is -2.11. The maximum atomic E-state index is 10.5. The molecular formula is C46H96N4O2. The van der Waals surface area contributed by atoms with Crippen molar-refractivity contribution >= 4 is 11.8 Å². The van der Waals surface area contributed by atoms with E-state index in [1.807, 2.05) is 0 Å². The zero-order chi connectivity index (χ0) is 39.8. The molecule has 0 radical (unpaired) electrons. The predicted molar refractivity (Wildman–Crippen MR) is 235 cm³/mol. The highest BCUT2D eigenvalue weighted by Crippen LogP contribution is 2.11. The van der Waals surface area contributed by atoms with Crippen LogP contribution in [0.25, 0.3) is 0 Å². The number of carbonyl (C=O) groups excluding carboxylic acids is 2. The molecule has 6 nitrogen and oxygen atoms in total. The average molecular weight is 737 g/mol. The SMILES string of the molecule is CCCCCCCC/C=C\CCCCCCCC(N)=O.CCCCCCCC/C=C\CCCCCCCC(N)=O.CCCN(C)C.CCCN(C)C. The van der Waals surface area contributed by atoms with Gasteiger partial charge in [-0.05, 0) is 118 Å². The quantitative estimate of drug-likeness (QED) is 0.0508. The van der Waals surface area contributed by atoms with Gasteiger partial charge in [-0.15, -0.1) is 0 Å².